The Morgan fingerprint density at radius 2 is 1.88 bits per heavy atom. The lowest BCUT2D eigenvalue weighted by atomic mass is 10.1. The molecule has 0 aliphatic carbocycles. The zero-order valence-electron chi connectivity index (χ0n) is 18.1. The van der Waals surface area contributed by atoms with Crippen LogP contribution in [0.5, 0.6) is 0 Å². The van der Waals surface area contributed by atoms with Gasteiger partial charge in [0.05, 0.1) is 36.8 Å². The van der Waals surface area contributed by atoms with Gasteiger partial charge >= 0.3 is 11.9 Å². The van der Waals surface area contributed by atoms with Crippen LogP contribution >= 0.6 is 27.7 Å². The van der Waals surface area contributed by atoms with Gasteiger partial charge in [-0.1, -0.05) is 18.7 Å². The lowest BCUT2D eigenvalue weighted by Gasteiger charge is -2.11. The smallest absolute Gasteiger partial charge is 0.339 e. The Bertz CT molecular complexity index is 1180. The van der Waals surface area contributed by atoms with Gasteiger partial charge in [0, 0.05) is 6.54 Å². The van der Waals surface area contributed by atoms with Crippen LogP contribution < -0.4 is 5.32 Å². The first-order valence-corrected chi connectivity index (χ1v) is 11.6. The van der Waals surface area contributed by atoms with Crippen molar-refractivity contribution in [2.75, 3.05) is 25.3 Å². The summed E-state index contributed by atoms with van der Waals surface area (Å²) in [6, 6.07) is 7.73. The highest BCUT2D eigenvalue weighted by molar-refractivity contribution is 9.10. The number of methoxy groups -OCH3 is 2. The Hall–Kier alpha value is -3.12. The molecule has 0 atom stereocenters. The quantitative estimate of drug-likeness (QED) is 0.318. The van der Waals surface area contributed by atoms with Crippen LogP contribution in [-0.2, 0) is 20.8 Å². The van der Waals surface area contributed by atoms with Crippen LogP contribution in [0.25, 0.3) is 11.6 Å². The Balaban J connectivity index is 1.77. The van der Waals surface area contributed by atoms with Crippen LogP contribution in [0.2, 0.25) is 0 Å². The number of carbonyl (C=O) groups is 3. The summed E-state index contributed by atoms with van der Waals surface area (Å²) in [5.41, 5.74) is 0.444. The molecule has 12 heteroatoms. The predicted molar refractivity (Wildman–Crippen MR) is 124 cm³/mol. The van der Waals surface area contributed by atoms with Crippen molar-refractivity contribution in [3.63, 3.8) is 0 Å². The average molecular weight is 537 g/mol. The summed E-state index contributed by atoms with van der Waals surface area (Å²) in [6.07, 6.45) is 0.829. The van der Waals surface area contributed by atoms with E-state index in [2.05, 4.69) is 31.4 Å². The van der Waals surface area contributed by atoms with Gasteiger partial charge in [0.2, 0.25) is 11.7 Å². The topological polar surface area (TPSA) is 126 Å². The van der Waals surface area contributed by atoms with Crippen molar-refractivity contribution in [2.24, 2.45) is 0 Å². The van der Waals surface area contributed by atoms with Gasteiger partial charge in [-0.3, -0.25) is 9.36 Å². The molecule has 0 fully saturated rings. The lowest BCUT2D eigenvalue weighted by Crippen LogP contribution is -2.18. The third-order valence-electron chi connectivity index (χ3n) is 4.41. The van der Waals surface area contributed by atoms with Gasteiger partial charge in [0.25, 0.3) is 0 Å². The number of ether oxygens (including phenoxy) is 2. The number of rotatable bonds is 9. The molecular formula is C21H21BrN4O6S. The number of halogens is 1. The number of anilines is 1. The van der Waals surface area contributed by atoms with Gasteiger partial charge in [-0.2, -0.15) is 0 Å². The van der Waals surface area contributed by atoms with E-state index in [9.17, 15) is 14.4 Å². The second-order valence-corrected chi connectivity index (χ2v) is 8.37. The van der Waals surface area contributed by atoms with Crippen LogP contribution in [0, 0.1) is 0 Å². The molecule has 1 N–H and O–H groups in total. The highest BCUT2D eigenvalue weighted by atomic mass is 79.9. The number of carbonyl (C=O) groups excluding carboxylic acids is 3. The van der Waals surface area contributed by atoms with Gasteiger partial charge in [0.1, 0.15) is 0 Å². The summed E-state index contributed by atoms with van der Waals surface area (Å²) in [5.74, 6) is -0.536. The van der Waals surface area contributed by atoms with E-state index < -0.39 is 17.8 Å². The summed E-state index contributed by atoms with van der Waals surface area (Å²) < 4.78 is 17.5. The number of hydrogen-bond donors (Lipinski definition) is 1. The fourth-order valence-corrected chi connectivity index (χ4v) is 4.01. The summed E-state index contributed by atoms with van der Waals surface area (Å²) in [4.78, 5) is 36.6. The van der Waals surface area contributed by atoms with Gasteiger partial charge in [0.15, 0.2) is 15.6 Å². The van der Waals surface area contributed by atoms with Crippen molar-refractivity contribution in [1.82, 2.24) is 14.8 Å². The number of hydrogen-bond acceptors (Lipinski definition) is 9. The number of aromatic nitrogens is 3. The lowest BCUT2D eigenvalue weighted by molar-refractivity contribution is -0.113. The number of benzene rings is 1. The molecule has 0 saturated heterocycles. The molecule has 0 radical (unpaired) electrons. The molecule has 0 bridgehead atoms. The first kappa shape index (κ1) is 24.5. The molecule has 33 heavy (non-hydrogen) atoms. The van der Waals surface area contributed by atoms with Gasteiger partial charge < -0.3 is 19.2 Å². The Morgan fingerprint density at radius 1 is 1.12 bits per heavy atom. The van der Waals surface area contributed by atoms with E-state index in [1.54, 1.807) is 12.1 Å². The van der Waals surface area contributed by atoms with Gasteiger partial charge in [-0.05, 0) is 52.7 Å². The number of thioether (sulfide) groups is 1. The molecule has 2 aromatic heterocycles. The minimum Gasteiger partial charge on any atom is -0.465 e. The molecule has 3 rings (SSSR count). The van der Waals surface area contributed by atoms with Crippen LogP contribution in [-0.4, -0.2) is 52.6 Å². The largest absolute Gasteiger partial charge is 0.465 e. The number of amides is 1. The van der Waals surface area contributed by atoms with Crippen LogP contribution in [0.4, 0.5) is 5.69 Å². The zero-order chi connectivity index (χ0) is 24.0. The zero-order valence-corrected chi connectivity index (χ0v) is 20.5. The summed E-state index contributed by atoms with van der Waals surface area (Å²) in [5, 5.41) is 11.6. The van der Waals surface area contributed by atoms with E-state index >= 15 is 0 Å². The molecule has 0 unspecified atom stereocenters. The molecule has 0 spiro atoms. The maximum absolute atomic E-state index is 12.7. The molecule has 0 aliphatic heterocycles. The van der Waals surface area contributed by atoms with E-state index in [4.69, 9.17) is 13.9 Å². The predicted octanol–water partition coefficient (Wildman–Crippen LogP) is 4.01. The second-order valence-electron chi connectivity index (χ2n) is 6.64. The van der Waals surface area contributed by atoms with Crippen molar-refractivity contribution in [3.8, 4) is 11.6 Å². The normalized spacial score (nSPS) is 10.7. The van der Waals surface area contributed by atoms with Crippen LogP contribution in [0.3, 0.4) is 0 Å². The molecule has 0 saturated carbocycles. The summed E-state index contributed by atoms with van der Waals surface area (Å²) in [6.45, 7) is 2.66. The van der Waals surface area contributed by atoms with Crippen LogP contribution in [0.1, 0.15) is 34.1 Å². The monoisotopic (exact) mass is 536 g/mol. The van der Waals surface area contributed by atoms with E-state index in [1.165, 1.54) is 44.2 Å². The maximum atomic E-state index is 12.7. The highest BCUT2D eigenvalue weighted by Gasteiger charge is 2.20. The molecule has 1 aromatic carbocycles. The maximum Gasteiger partial charge on any atom is 0.339 e. The molecular weight excluding hydrogens is 516 g/mol. The van der Waals surface area contributed by atoms with E-state index in [1.807, 2.05) is 11.5 Å². The Kier molecular flexibility index (Phi) is 8.28. The molecule has 0 aliphatic rings. The highest BCUT2D eigenvalue weighted by Crippen LogP contribution is 2.28. The average Bonchev–Trinajstić information content (AvgIpc) is 3.42. The van der Waals surface area contributed by atoms with Crippen molar-refractivity contribution in [3.05, 3.63) is 46.1 Å². The molecule has 10 nitrogen and oxygen atoms in total. The standard InChI is InChI=1S/C21H21BrN4O6S/c1-4-9-26-18(15-7-8-16(22)32-15)24-25-21(26)33-11-17(27)23-14-10-12(19(28)30-2)5-6-13(14)20(29)31-3/h5-8,10H,4,9,11H2,1-3H3,(H,23,27). The van der Waals surface area contributed by atoms with Gasteiger partial charge in [-0.25, -0.2) is 9.59 Å². The fraction of sp³-hybridized carbons (Fsp3) is 0.286. The Labute approximate surface area is 202 Å². The molecule has 1 amide bonds. The van der Waals surface area contributed by atoms with Crippen molar-refractivity contribution >= 4 is 51.2 Å². The van der Waals surface area contributed by atoms with E-state index in [0.29, 0.717) is 28.0 Å². The summed E-state index contributed by atoms with van der Waals surface area (Å²) in [7, 11) is 2.47. The van der Waals surface area contributed by atoms with E-state index in [-0.39, 0.29) is 22.6 Å². The molecule has 174 valence electrons. The van der Waals surface area contributed by atoms with Crippen molar-refractivity contribution in [1.29, 1.82) is 0 Å². The molecule has 3 aromatic rings. The minimum atomic E-state index is -0.647. The minimum absolute atomic E-state index is 0.00718. The van der Waals surface area contributed by atoms with E-state index in [0.717, 1.165) is 6.42 Å². The SMILES string of the molecule is CCCn1c(SCC(=O)Nc2cc(C(=O)OC)ccc2C(=O)OC)nnc1-c1ccc(Br)o1. The van der Waals surface area contributed by atoms with Crippen molar-refractivity contribution < 1.29 is 28.3 Å². The van der Waals surface area contributed by atoms with Crippen LogP contribution in [0.15, 0.2) is 44.6 Å². The number of nitrogens with zero attached hydrogens (tertiary/aromatic N) is 3. The number of furan rings is 1. The summed E-state index contributed by atoms with van der Waals surface area (Å²) >= 11 is 4.46. The number of nitrogens with one attached hydrogen (secondary N) is 1. The first-order chi connectivity index (χ1) is 15.9. The second kappa shape index (κ2) is 11.1. The molecule has 2 heterocycles. The third-order valence-corrected chi connectivity index (χ3v) is 5.80. The first-order valence-electron chi connectivity index (χ1n) is 9.80. The number of esters is 2. The third kappa shape index (κ3) is 5.82. The fourth-order valence-electron chi connectivity index (χ4n) is 2.93. The Morgan fingerprint density at radius 3 is 2.52 bits per heavy atom. The van der Waals surface area contributed by atoms with Gasteiger partial charge in [-0.15, -0.1) is 10.2 Å². The van der Waals surface area contributed by atoms with Crippen molar-refractivity contribution in [2.45, 2.75) is 25.0 Å².